The molecule has 0 amide bonds. The van der Waals surface area contributed by atoms with Crippen LogP contribution >= 0.6 is 0 Å². The third kappa shape index (κ3) is 2.95. The van der Waals surface area contributed by atoms with E-state index >= 15 is 0 Å². The van der Waals surface area contributed by atoms with E-state index in [4.69, 9.17) is 0 Å². The van der Waals surface area contributed by atoms with Crippen LogP contribution in [-0.4, -0.2) is 39.3 Å². The van der Waals surface area contributed by atoms with Gasteiger partial charge in [0.15, 0.2) is 5.78 Å². The Morgan fingerprint density at radius 2 is 1.97 bits per heavy atom. The van der Waals surface area contributed by atoms with E-state index < -0.39 is 29.5 Å². The lowest BCUT2D eigenvalue weighted by Crippen LogP contribution is -2.60. The highest BCUT2D eigenvalue weighted by Crippen LogP contribution is 2.67. The maximum atomic E-state index is 12.0. The van der Waals surface area contributed by atoms with Crippen molar-refractivity contribution in [2.75, 3.05) is 0 Å². The molecule has 162 valence electrons. The summed E-state index contributed by atoms with van der Waals surface area (Å²) in [6.07, 6.45) is 6.26. The summed E-state index contributed by atoms with van der Waals surface area (Å²) in [5.74, 6) is -0.738. The number of fused-ring (bicyclic) bond motifs is 5. The topological polar surface area (TPSA) is 94.8 Å². The first-order valence-corrected chi connectivity index (χ1v) is 11.5. The number of aliphatic hydroxyl groups is 2. The molecule has 9 atom stereocenters. The number of carbonyl (C=O) groups is 2. The monoisotopic (exact) mass is 404 g/mol. The second kappa shape index (κ2) is 7.19. The highest BCUT2D eigenvalue weighted by atomic mass is 16.4. The van der Waals surface area contributed by atoms with Crippen LogP contribution in [0.2, 0.25) is 0 Å². The Morgan fingerprint density at radius 1 is 1.24 bits per heavy atom. The van der Waals surface area contributed by atoms with Crippen LogP contribution in [0.15, 0.2) is 11.6 Å². The van der Waals surface area contributed by atoms with Crippen LogP contribution in [0.1, 0.15) is 72.1 Å². The van der Waals surface area contributed by atoms with Crippen molar-refractivity contribution in [3.63, 3.8) is 0 Å². The van der Waals surface area contributed by atoms with E-state index in [-0.39, 0.29) is 34.9 Å². The summed E-state index contributed by atoms with van der Waals surface area (Å²) in [4.78, 5) is 24.1. The van der Waals surface area contributed by atoms with Gasteiger partial charge in [0.25, 0.3) is 0 Å². The first-order chi connectivity index (χ1) is 13.6. The normalized spacial score (nSPS) is 47.6. The second-order valence-corrected chi connectivity index (χ2v) is 10.6. The SMILES string of the molecule is CCCC(C(=O)O)[C@H]1CC[C@H]2[C@@H]3[C@@H](O)CC4=CC(=O)CC[C@]4(C)[C@H]3C[C@H](O)[C@@]12C. The van der Waals surface area contributed by atoms with Crippen molar-refractivity contribution in [2.45, 2.75) is 84.3 Å². The summed E-state index contributed by atoms with van der Waals surface area (Å²) in [7, 11) is 0. The summed E-state index contributed by atoms with van der Waals surface area (Å²) in [6.45, 7) is 6.32. The number of ketones is 1. The van der Waals surface area contributed by atoms with E-state index in [2.05, 4.69) is 13.8 Å². The van der Waals surface area contributed by atoms with Gasteiger partial charge in [-0.2, -0.15) is 0 Å². The molecule has 0 aromatic rings. The van der Waals surface area contributed by atoms with E-state index in [1.165, 1.54) is 0 Å². The Labute approximate surface area is 173 Å². The molecule has 4 rings (SSSR count). The lowest BCUT2D eigenvalue weighted by molar-refractivity contribution is -0.174. The van der Waals surface area contributed by atoms with Crippen LogP contribution < -0.4 is 0 Å². The summed E-state index contributed by atoms with van der Waals surface area (Å²) >= 11 is 0. The molecule has 0 saturated heterocycles. The van der Waals surface area contributed by atoms with E-state index in [1.54, 1.807) is 6.08 Å². The first-order valence-electron chi connectivity index (χ1n) is 11.5. The van der Waals surface area contributed by atoms with E-state index in [0.717, 1.165) is 31.3 Å². The highest BCUT2D eigenvalue weighted by molar-refractivity contribution is 5.91. The third-order valence-electron chi connectivity index (χ3n) is 9.56. The minimum atomic E-state index is -0.750. The number of carbonyl (C=O) groups excluding carboxylic acids is 1. The zero-order valence-corrected chi connectivity index (χ0v) is 17.9. The van der Waals surface area contributed by atoms with Crippen molar-refractivity contribution < 1.29 is 24.9 Å². The molecular weight excluding hydrogens is 368 g/mol. The van der Waals surface area contributed by atoms with Crippen molar-refractivity contribution >= 4 is 11.8 Å². The summed E-state index contributed by atoms with van der Waals surface area (Å²) in [5, 5.41) is 32.5. The molecule has 3 saturated carbocycles. The number of aliphatic hydroxyl groups excluding tert-OH is 2. The van der Waals surface area contributed by atoms with Crippen LogP contribution in [0.25, 0.3) is 0 Å². The quantitative estimate of drug-likeness (QED) is 0.666. The van der Waals surface area contributed by atoms with Crippen molar-refractivity contribution in [2.24, 2.45) is 40.4 Å². The number of rotatable bonds is 4. The van der Waals surface area contributed by atoms with Gasteiger partial charge in [0.1, 0.15) is 0 Å². The summed E-state index contributed by atoms with van der Waals surface area (Å²) in [5.41, 5.74) is 0.443. The van der Waals surface area contributed by atoms with Gasteiger partial charge in [-0.1, -0.05) is 32.8 Å². The fourth-order valence-electron chi connectivity index (χ4n) is 8.00. The standard InChI is InChI=1S/C24H36O5/c1-4-5-15(22(28)29)16-6-7-17-21-18(12-20(27)24(16,17)3)23(2)9-8-14(25)10-13(23)11-19(21)26/h10,15-21,26-27H,4-9,11-12H2,1-3H3,(H,28,29)/t15?,16-,17+,18+,19+,20+,21+,23+,24+/m1/s1. The van der Waals surface area contributed by atoms with Crippen molar-refractivity contribution in [3.05, 3.63) is 11.6 Å². The van der Waals surface area contributed by atoms with E-state index in [9.17, 15) is 24.9 Å². The maximum Gasteiger partial charge on any atom is 0.306 e. The first kappa shape index (κ1) is 21.0. The van der Waals surface area contributed by atoms with Crippen molar-refractivity contribution in [1.82, 2.24) is 0 Å². The number of carboxylic acid groups (broad SMARTS) is 1. The Bertz CT molecular complexity index is 729. The summed E-state index contributed by atoms with van der Waals surface area (Å²) < 4.78 is 0. The fraction of sp³-hybridized carbons (Fsp3) is 0.833. The minimum Gasteiger partial charge on any atom is -0.481 e. The van der Waals surface area contributed by atoms with Gasteiger partial charge in [-0.05, 0) is 73.7 Å². The molecule has 0 aromatic heterocycles. The molecule has 29 heavy (non-hydrogen) atoms. The molecule has 0 spiro atoms. The maximum absolute atomic E-state index is 12.0. The van der Waals surface area contributed by atoms with Crippen LogP contribution in [-0.2, 0) is 9.59 Å². The number of hydrogen-bond donors (Lipinski definition) is 3. The lowest BCUT2D eigenvalue weighted by Gasteiger charge is -2.61. The molecule has 0 aromatic carbocycles. The molecule has 0 heterocycles. The van der Waals surface area contributed by atoms with E-state index in [1.807, 2.05) is 6.92 Å². The van der Waals surface area contributed by atoms with Gasteiger partial charge >= 0.3 is 5.97 Å². The lowest BCUT2D eigenvalue weighted by atomic mass is 9.45. The predicted molar refractivity (Wildman–Crippen MR) is 109 cm³/mol. The number of hydrogen-bond acceptors (Lipinski definition) is 4. The molecule has 0 aliphatic heterocycles. The van der Waals surface area contributed by atoms with Gasteiger partial charge < -0.3 is 15.3 Å². The van der Waals surface area contributed by atoms with Gasteiger partial charge in [0.05, 0.1) is 18.1 Å². The Morgan fingerprint density at radius 3 is 2.62 bits per heavy atom. The van der Waals surface area contributed by atoms with Gasteiger partial charge in [-0.3, -0.25) is 9.59 Å². The molecule has 5 heteroatoms. The fourth-order valence-corrected chi connectivity index (χ4v) is 8.00. The zero-order chi connectivity index (χ0) is 21.1. The second-order valence-electron chi connectivity index (χ2n) is 10.6. The Balaban J connectivity index is 1.71. The van der Waals surface area contributed by atoms with Crippen LogP contribution in [0, 0.1) is 40.4 Å². The molecule has 5 nitrogen and oxygen atoms in total. The average Bonchev–Trinajstić information content (AvgIpc) is 3.00. The van der Waals surface area contributed by atoms with Crippen LogP contribution in [0.3, 0.4) is 0 Å². The van der Waals surface area contributed by atoms with Gasteiger partial charge in [0.2, 0.25) is 0 Å². The molecule has 1 unspecified atom stereocenters. The molecule has 0 bridgehead atoms. The van der Waals surface area contributed by atoms with Gasteiger partial charge in [-0.25, -0.2) is 0 Å². The largest absolute Gasteiger partial charge is 0.481 e. The zero-order valence-electron chi connectivity index (χ0n) is 17.9. The smallest absolute Gasteiger partial charge is 0.306 e. The van der Waals surface area contributed by atoms with Gasteiger partial charge in [-0.15, -0.1) is 0 Å². The number of carboxylic acids is 1. The van der Waals surface area contributed by atoms with Gasteiger partial charge in [0, 0.05) is 11.8 Å². The van der Waals surface area contributed by atoms with Crippen LogP contribution in [0.4, 0.5) is 0 Å². The van der Waals surface area contributed by atoms with Crippen molar-refractivity contribution in [1.29, 1.82) is 0 Å². The molecular formula is C24H36O5. The average molecular weight is 405 g/mol. The molecule has 3 N–H and O–H groups in total. The number of aliphatic carboxylic acids is 1. The predicted octanol–water partition coefficient (Wildman–Crippen LogP) is 3.58. The molecule has 4 aliphatic rings. The van der Waals surface area contributed by atoms with Crippen LogP contribution in [0.5, 0.6) is 0 Å². The minimum absolute atomic E-state index is 0.0502. The molecule has 4 aliphatic carbocycles. The molecule has 0 radical (unpaired) electrons. The van der Waals surface area contributed by atoms with E-state index in [0.29, 0.717) is 25.7 Å². The molecule has 3 fully saturated rings. The Kier molecular flexibility index (Phi) is 5.22. The highest BCUT2D eigenvalue weighted by Gasteiger charge is 2.65. The third-order valence-corrected chi connectivity index (χ3v) is 9.56. The van der Waals surface area contributed by atoms with Crippen molar-refractivity contribution in [3.8, 4) is 0 Å². The summed E-state index contributed by atoms with van der Waals surface area (Å²) in [6, 6.07) is 0. The Hall–Kier alpha value is -1.20.